The summed E-state index contributed by atoms with van der Waals surface area (Å²) in [7, 11) is -3.33. The highest BCUT2D eigenvalue weighted by atomic mass is 28.3. The molecule has 11 rings (SSSR count). The van der Waals surface area contributed by atoms with Gasteiger partial charge in [0.05, 0.1) is 39.9 Å². The van der Waals surface area contributed by atoms with E-state index in [-0.39, 0.29) is 39.5 Å². The van der Waals surface area contributed by atoms with Crippen LogP contribution in [-0.2, 0) is 0 Å². The molecule has 57 heavy (non-hydrogen) atoms. The molecule has 0 bridgehead atoms. The van der Waals surface area contributed by atoms with Gasteiger partial charge in [-0.1, -0.05) is 182 Å². The first-order chi connectivity index (χ1) is 33.7. The fraction of sp³-hybridized carbons (Fsp3) is 0. The summed E-state index contributed by atoms with van der Waals surface area (Å²) in [5.41, 5.74) is 2.96. The normalized spacial score (nSPS) is 15.1. The maximum Gasteiger partial charge on any atom is 0.180 e. The number of benzene rings is 9. The van der Waals surface area contributed by atoms with Crippen LogP contribution in [-0.4, -0.2) is 17.2 Å². The van der Waals surface area contributed by atoms with E-state index in [0.717, 1.165) is 31.6 Å². The van der Waals surface area contributed by atoms with E-state index >= 15 is 0 Å². The van der Waals surface area contributed by atoms with Gasteiger partial charge in [0.1, 0.15) is 0 Å². The number of rotatable bonds is 7. The molecule has 0 fully saturated rings. The summed E-state index contributed by atoms with van der Waals surface area (Å²) in [5.74, 6) is 0. The molecule has 0 saturated carbocycles. The highest BCUT2D eigenvalue weighted by Gasteiger charge is 2.43. The van der Waals surface area contributed by atoms with Crippen LogP contribution in [0.1, 0.15) is 17.8 Å². The molecule has 0 aliphatic heterocycles. The molecule has 268 valence electrons. The Balaban J connectivity index is 1.34. The Bertz CT molecular complexity index is 3780. The van der Waals surface area contributed by atoms with Crippen LogP contribution in [0.15, 0.2) is 230 Å². The number of hydrogen-bond donors (Lipinski definition) is 0. The predicted molar refractivity (Wildman–Crippen MR) is 244 cm³/mol. The van der Waals surface area contributed by atoms with Gasteiger partial charge in [-0.05, 0) is 80.4 Å². The first-order valence-electron chi connectivity index (χ1n) is 25.1. The van der Waals surface area contributed by atoms with Gasteiger partial charge in [-0.25, -0.2) is 0 Å². The maximum absolute atomic E-state index is 9.28. The van der Waals surface area contributed by atoms with Crippen LogP contribution in [0.25, 0.3) is 66.1 Å². The van der Waals surface area contributed by atoms with Crippen molar-refractivity contribution in [1.29, 1.82) is 0 Å². The molecule has 0 atom stereocenters. The van der Waals surface area contributed by atoms with Gasteiger partial charge < -0.3 is 9.13 Å². The van der Waals surface area contributed by atoms with Crippen LogP contribution in [0, 0.1) is 0 Å². The molecule has 0 aliphatic carbocycles. The Morgan fingerprint density at radius 2 is 0.877 bits per heavy atom. The zero-order chi connectivity index (χ0) is 49.1. The molecule has 0 radical (unpaired) electrons. The van der Waals surface area contributed by atoms with Crippen LogP contribution in [0.4, 0.5) is 0 Å². The second-order valence-corrected chi connectivity index (χ2v) is 17.7. The summed E-state index contributed by atoms with van der Waals surface area (Å²) in [5, 5.41) is 5.85. The van der Waals surface area contributed by atoms with Gasteiger partial charge in [0, 0.05) is 32.9 Å². The van der Waals surface area contributed by atoms with Crippen molar-refractivity contribution in [1.82, 2.24) is 9.13 Å². The Hall–Kier alpha value is -7.20. The molecular weight excluding hydrogens is 705 g/mol. The molecule has 2 nitrogen and oxygen atoms in total. The third-order valence-electron chi connectivity index (χ3n) is 11.0. The van der Waals surface area contributed by atoms with Gasteiger partial charge >= 0.3 is 0 Å². The lowest BCUT2D eigenvalue weighted by Crippen LogP contribution is -2.74. The lowest BCUT2D eigenvalue weighted by molar-refractivity contribution is 1.17. The van der Waals surface area contributed by atoms with E-state index in [9.17, 15) is 2.74 Å². The molecule has 0 spiro atoms. The van der Waals surface area contributed by atoms with E-state index in [2.05, 4.69) is 47.0 Å². The van der Waals surface area contributed by atoms with Crippen molar-refractivity contribution < 1.29 is 17.8 Å². The second-order valence-electron chi connectivity index (χ2n) is 13.9. The number of fused-ring (bicyclic) bond motifs is 6. The first-order valence-corrected chi connectivity index (χ1v) is 20.6. The third-order valence-corrected chi connectivity index (χ3v) is 15.8. The Morgan fingerprint density at radius 1 is 0.351 bits per heavy atom. The van der Waals surface area contributed by atoms with E-state index in [4.69, 9.17) is 15.1 Å². The summed E-state index contributed by atoms with van der Waals surface area (Å²) >= 11 is 0. The molecular formula is C54H38N2Si. The Labute approximate surface area is 351 Å². The summed E-state index contributed by atoms with van der Waals surface area (Å²) in [6.07, 6.45) is 0. The molecule has 11 aromatic rings. The molecule has 0 aliphatic rings. The topological polar surface area (TPSA) is 9.86 Å². The Morgan fingerprint density at radius 3 is 1.49 bits per heavy atom. The largest absolute Gasteiger partial charge is 0.309 e. The lowest BCUT2D eigenvalue weighted by atomic mass is 10.1. The Kier molecular flexibility index (Phi) is 5.31. The molecule has 0 amide bonds. The van der Waals surface area contributed by atoms with Crippen LogP contribution in [0.3, 0.4) is 0 Å². The molecule has 0 saturated heterocycles. The van der Waals surface area contributed by atoms with Crippen LogP contribution in [0.2, 0.25) is 0 Å². The minimum atomic E-state index is -3.33. The lowest BCUT2D eigenvalue weighted by Gasteiger charge is -2.35. The SMILES string of the molecule is [2H]c1c([2H])c([2H])c(-c2cccc(-n3c4ccc(-n5c6c([2H])c([2H])c([2H])c([2H])c6c6c([2H])c([2H])c([2H])c([2H])c65)cc4c4c([Si](c5ccccc5)(c5ccccc5)c5ccccc5)cccc43)c2)c([2H])c1[2H]. The van der Waals surface area contributed by atoms with Gasteiger partial charge in [0.15, 0.2) is 8.07 Å². The number of hydrogen-bond acceptors (Lipinski definition) is 0. The molecule has 2 heterocycles. The van der Waals surface area contributed by atoms with Crippen LogP contribution >= 0.6 is 0 Å². The van der Waals surface area contributed by atoms with Crippen molar-refractivity contribution in [2.24, 2.45) is 0 Å². The average Bonchev–Trinajstić information content (AvgIpc) is 3.93. The van der Waals surface area contributed by atoms with Gasteiger partial charge in [-0.2, -0.15) is 0 Å². The van der Waals surface area contributed by atoms with Crippen molar-refractivity contribution >= 4 is 72.4 Å². The fourth-order valence-corrected chi connectivity index (χ4v) is 13.7. The van der Waals surface area contributed by atoms with Gasteiger partial charge in [0.2, 0.25) is 0 Å². The minimum Gasteiger partial charge on any atom is -0.309 e. The molecule has 2 aromatic heterocycles. The summed E-state index contributed by atoms with van der Waals surface area (Å²) in [6, 6.07) is 44.5. The van der Waals surface area contributed by atoms with Gasteiger partial charge in [0.25, 0.3) is 0 Å². The third kappa shape index (κ3) is 5.17. The smallest absolute Gasteiger partial charge is 0.180 e. The molecule has 9 aromatic carbocycles. The van der Waals surface area contributed by atoms with E-state index < -0.39 is 74.5 Å². The number of para-hydroxylation sites is 2. The summed E-state index contributed by atoms with van der Waals surface area (Å²) in [6.45, 7) is 0. The van der Waals surface area contributed by atoms with Gasteiger partial charge in [-0.3, -0.25) is 0 Å². The standard InChI is InChI=1S/C54H38N2Si/c1-5-19-39(20-6-1)40-21-17-22-41(37-40)56-51-36-35-42(55-49-31-15-13-29-46(49)47-30-14-16-32-50(47)55)38-48(51)54-52(56)33-18-34-53(54)57(43-23-7-2-8-24-43,44-25-9-3-10-26-44)45-27-11-4-12-28-45/h1-38H/i1D,5D,6D,13D,14D,15D,16D,19D,20D,29D,30D,31D,32D. The maximum atomic E-state index is 9.28. The van der Waals surface area contributed by atoms with E-state index in [1.165, 1.54) is 4.57 Å². The van der Waals surface area contributed by atoms with E-state index in [1.54, 1.807) is 18.2 Å². The van der Waals surface area contributed by atoms with E-state index in [0.29, 0.717) is 27.8 Å². The zero-order valence-electron chi connectivity index (χ0n) is 43.3. The molecule has 0 N–H and O–H groups in total. The predicted octanol–water partition coefficient (Wildman–Crippen LogP) is 10.9. The average molecular weight is 756 g/mol. The highest BCUT2D eigenvalue weighted by molar-refractivity contribution is 7.20. The fourth-order valence-electron chi connectivity index (χ4n) is 8.69. The minimum absolute atomic E-state index is 0.00390. The van der Waals surface area contributed by atoms with Crippen LogP contribution < -0.4 is 20.7 Å². The van der Waals surface area contributed by atoms with Crippen molar-refractivity contribution in [3.63, 3.8) is 0 Å². The monoisotopic (exact) mass is 755 g/mol. The highest BCUT2D eigenvalue weighted by Crippen LogP contribution is 2.38. The van der Waals surface area contributed by atoms with Crippen molar-refractivity contribution in [2.75, 3.05) is 0 Å². The molecule has 0 unspecified atom stereocenters. The van der Waals surface area contributed by atoms with Crippen LogP contribution in [0.5, 0.6) is 0 Å². The second kappa shape index (κ2) is 13.5. The zero-order valence-corrected chi connectivity index (χ0v) is 31.3. The quantitative estimate of drug-likeness (QED) is 0.113. The van der Waals surface area contributed by atoms with Gasteiger partial charge in [-0.15, -0.1) is 0 Å². The van der Waals surface area contributed by atoms with Crippen molar-refractivity contribution in [2.45, 2.75) is 0 Å². The molecule has 3 heteroatoms. The van der Waals surface area contributed by atoms with Crippen molar-refractivity contribution in [3.05, 3.63) is 230 Å². The number of nitrogens with zero attached hydrogens (tertiary/aromatic N) is 2. The first kappa shape index (κ1) is 22.4. The summed E-state index contributed by atoms with van der Waals surface area (Å²) in [4.78, 5) is 0. The number of aromatic nitrogens is 2. The van der Waals surface area contributed by atoms with E-state index in [1.807, 2.05) is 91.0 Å². The summed E-state index contributed by atoms with van der Waals surface area (Å²) < 4.78 is 118. The van der Waals surface area contributed by atoms with Crippen molar-refractivity contribution in [3.8, 4) is 22.5 Å².